The van der Waals surface area contributed by atoms with Crippen molar-refractivity contribution in [3.05, 3.63) is 0 Å². The Bertz CT molecular complexity index is 123. The van der Waals surface area contributed by atoms with E-state index < -0.39 is 0 Å². The second-order valence-corrected chi connectivity index (χ2v) is 2.69. The predicted molar refractivity (Wildman–Crippen MR) is 39.7 cm³/mol. The van der Waals surface area contributed by atoms with Gasteiger partial charge in [0.15, 0.2) is 0 Å². The van der Waals surface area contributed by atoms with Crippen molar-refractivity contribution in [1.82, 2.24) is 10.6 Å². The van der Waals surface area contributed by atoms with Crippen molar-refractivity contribution in [2.45, 2.75) is 12.8 Å². The second kappa shape index (κ2) is 3.56. The lowest BCUT2D eigenvalue weighted by Crippen LogP contribution is -2.40. The van der Waals surface area contributed by atoms with Gasteiger partial charge in [-0.05, 0) is 19.9 Å². The molecule has 1 heterocycles. The van der Waals surface area contributed by atoms with Crippen LogP contribution in [0.4, 0.5) is 0 Å². The van der Waals surface area contributed by atoms with E-state index in [1.807, 2.05) is 7.05 Å². The van der Waals surface area contributed by atoms with Gasteiger partial charge in [-0.15, -0.1) is 0 Å². The standard InChI is InChI=1S/C7H14N2O/c1-8-5-6-3-2-4-9-7(6)10/h6,8H,2-5H2,1H3,(H,9,10)/t6-/m0/s1. The van der Waals surface area contributed by atoms with Crippen LogP contribution in [0.2, 0.25) is 0 Å². The van der Waals surface area contributed by atoms with E-state index in [9.17, 15) is 4.79 Å². The third-order valence-corrected chi connectivity index (χ3v) is 1.85. The van der Waals surface area contributed by atoms with Gasteiger partial charge in [0.2, 0.25) is 5.91 Å². The maximum atomic E-state index is 11.0. The van der Waals surface area contributed by atoms with Crippen LogP contribution in [0.1, 0.15) is 12.8 Å². The molecule has 58 valence electrons. The number of nitrogens with one attached hydrogen (secondary N) is 2. The molecule has 1 saturated heterocycles. The SMILES string of the molecule is CNC[C@@H]1CCCNC1=O. The Kier molecular flexibility index (Phi) is 2.68. The van der Waals surface area contributed by atoms with Crippen LogP contribution < -0.4 is 10.6 Å². The summed E-state index contributed by atoms with van der Waals surface area (Å²) in [6.45, 7) is 1.67. The molecule has 0 bridgehead atoms. The van der Waals surface area contributed by atoms with Crippen molar-refractivity contribution in [1.29, 1.82) is 0 Å². The van der Waals surface area contributed by atoms with Gasteiger partial charge in [0.05, 0.1) is 5.92 Å². The first-order valence-corrected chi connectivity index (χ1v) is 3.77. The highest BCUT2D eigenvalue weighted by Gasteiger charge is 2.20. The summed E-state index contributed by atoms with van der Waals surface area (Å²) in [5.41, 5.74) is 0. The van der Waals surface area contributed by atoms with Crippen LogP contribution in [-0.4, -0.2) is 26.0 Å². The third-order valence-electron chi connectivity index (χ3n) is 1.85. The monoisotopic (exact) mass is 142 g/mol. The molecule has 0 aliphatic carbocycles. The zero-order valence-corrected chi connectivity index (χ0v) is 6.31. The molecule has 1 rings (SSSR count). The lowest BCUT2D eigenvalue weighted by atomic mass is 9.99. The highest BCUT2D eigenvalue weighted by molar-refractivity contribution is 5.79. The summed E-state index contributed by atoms with van der Waals surface area (Å²) in [5, 5.41) is 5.84. The van der Waals surface area contributed by atoms with E-state index in [0.29, 0.717) is 0 Å². The Morgan fingerprint density at radius 2 is 2.60 bits per heavy atom. The van der Waals surface area contributed by atoms with Crippen molar-refractivity contribution in [3.8, 4) is 0 Å². The van der Waals surface area contributed by atoms with E-state index in [1.54, 1.807) is 0 Å². The fourth-order valence-electron chi connectivity index (χ4n) is 1.28. The van der Waals surface area contributed by atoms with Gasteiger partial charge in [0.1, 0.15) is 0 Å². The third kappa shape index (κ3) is 1.70. The molecule has 0 radical (unpaired) electrons. The summed E-state index contributed by atoms with van der Waals surface area (Å²) >= 11 is 0. The molecular formula is C7H14N2O. The zero-order valence-electron chi connectivity index (χ0n) is 6.31. The fourth-order valence-corrected chi connectivity index (χ4v) is 1.28. The molecule has 0 aromatic carbocycles. The fraction of sp³-hybridized carbons (Fsp3) is 0.857. The van der Waals surface area contributed by atoms with Crippen LogP contribution in [0, 0.1) is 5.92 Å². The predicted octanol–water partition coefficient (Wildman–Crippen LogP) is -0.268. The normalized spacial score (nSPS) is 26.1. The molecule has 0 spiro atoms. The number of rotatable bonds is 2. The van der Waals surface area contributed by atoms with E-state index in [2.05, 4.69) is 10.6 Å². The molecule has 3 heteroatoms. The van der Waals surface area contributed by atoms with E-state index in [1.165, 1.54) is 0 Å². The van der Waals surface area contributed by atoms with E-state index in [4.69, 9.17) is 0 Å². The lowest BCUT2D eigenvalue weighted by Gasteiger charge is -2.20. The van der Waals surface area contributed by atoms with Gasteiger partial charge in [0, 0.05) is 13.1 Å². The molecule has 1 atom stereocenters. The number of amides is 1. The Labute approximate surface area is 61.2 Å². The van der Waals surface area contributed by atoms with Gasteiger partial charge >= 0.3 is 0 Å². The van der Waals surface area contributed by atoms with Gasteiger partial charge in [-0.1, -0.05) is 0 Å². The summed E-state index contributed by atoms with van der Waals surface area (Å²) in [6.07, 6.45) is 2.16. The van der Waals surface area contributed by atoms with Crippen molar-refractivity contribution in [2.75, 3.05) is 20.1 Å². The summed E-state index contributed by atoms with van der Waals surface area (Å²) in [7, 11) is 1.88. The molecule has 1 aliphatic heterocycles. The van der Waals surface area contributed by atoms with Gasteiger partial charge < -0.3 is 10.6 Å². The quantitative estimate of drug-likeness (QED) is 0.557. The maximum absolute atomic E-state index is 11.0. The summed E-state index contributed by atoms with van der Waals surface area (Å²) in [4.78, 5) is 11.0. The first kappa shape index (κ1) is 7.54. The topological polar surface area (TPSA) is 41.1 Å². The van der Waals surface area contributed by atoms with Gasteiger partial charge in [-0.2, -0.15) is 0 Å². The largest absolute Gasteiger partial charge is 0.356 e. The highest BCUT2D eigenvalue weighted by Crippen LogP contribution is 2.09. The Morgan fingerprint density at radius 3 is 3.20 bits per heavy atom. The number of carbonyl (C=O) groups is 1. The summed E-state index contributed by atoms with van der Waals surface area (Å²) < 4.78 is 0. The Hall–Kier alpha value is -0.570. The van der Waals surface area contributed by atoms with Crippen molar-refractivity contribution in [3.63, 3.8) is 0 Å². The van der Waals surface area contributed by atoms with E-state index in [-0.39, 0.29) is 11.8 Å². The average Bonchev–Trinajstić information content (AvgIpc) is 1.94. The van der Waals surface area contributed by atoms with Crippen LogP contribution in [0.15, 0.2) is 0 Å². The van der Waals surface area contributed by atoms with Gasteiger partial charge in [-0.3, -0.25) is 4.79 Å². The first-order valence-electron chi connectivity index (χ1n) is 3.77. The molecule has 2 N–H and O–H groups in total. The minimum atomic E-state index is 0.207. The lowest BCUT2D eigenvalue weighted by molar-refractivity contribution is -0.126. The van der Waals surface area contributed by atoms with Crippen LogP contribution in [0.25, 0.3) is 0 Å². The smallest absolute Gasteiger partial charge is 0.224 e. The minimum Gasteiger partial charge on any atom is -0.356 e. The average molecular weight is 142 g/mol. The number of hydrogen-bond donors (Lipinski definition) is 2. The van der Waals surface area contributed by atoms with E-state index >= 15 is 0 Å². The summed E-state index contributed by atoms with van der Waals surface area (Å²) in [5.74, 6) is 0.416. The van der Waals surface area contributed by atoms with Crippen molar-refractivity contribution >= 4 is 5.91 Å². The first-order chi connectivity index (χ1) is 4.84. The second-order valence-electron chi connectivity index (χ2n) is 2.69. The Balaban J connectivity index is 2.32. The van der Waals surface area contributed by atoms with Gasteiger partial charge in [-0.25, -0.2) is 0 Å². The summed E-state index contributed by atoms with van der Waals surface area (Å²) in [6, 6.07) is 0. The zero-order chi connectivity index (χ0) is 7.40. The van der Waals surface area contributed by atoms with Crippen LogP contribution in [0.5, 0.6) is 0 Å². The molecule has 1 aliphatic rings. The highest BCUT2D eigenvalue weighted by atomic mass is 16.1. The molecule has 0 aromatic heterocycles. The molecule has 1 amide bonds. The van der Waals surface area contributed by atoms with Crippen LogP contribution in [-0.2, 0) is 4.79 Å². The molecular weight excluding hydrogens is 128 g/mol. The molecule has 10 heavy (non-hydrogen) atoms. The molecule has 0 unspecified atom stereocenters. The van der Waals surface area contributed by atoms with Crippen molar-refractivity contribution < 1.29 is 4.79 Å². The maximum Gasteiger partial charge on any atom is 0.224 e. The number of piperidine rings is 1. The number of carbonyl (C=O) groups excluding carboxylic acids is 1. The minimum absolute atomic E-state index is 0.207. The Morgan fingerprint density at radius 1 is 1.80 bits per heavy atom. The van der Waals surface area contributed by atoms with Crippen LogP contribution in [0.3, 0.4) is 0 Å². The van der Waals surface area contributed by atoms with Crippen molar-refractivity contribution in [2.24, 2.45) is 5.92 Å². The molecule has 3 nitrogen and oxygen atoms in total. The molecule has 0 saturated carbocycles. The number of hydrogen-bond acceptors (Lipinski definition) is 2. The van der Waals surface area contributed by atoms with Gasteiger partial charge in [0.25, 0.3) is 0 Å². The van der Waals surface area contributed by atoms with E-state index in [0.717, 1.165) is 25.9 Å². The molecule has 0 aromatic rings. The molecule has 1 fully saturated rings. The van der Waals surface area contributed by atoms with Crippen LogP contribution >= 0.6 is 0 Å².